The van der Waals surface area contributed by atoms with Gasteiger partial charge in [-0.2, -0.15) is 26.3 Å². The third-order valence-corrected chi connectivity index (χ3v) is 6.40. The molecule has 3 saturated heterocycles. The van der Waals surface area contributed by atoms with Gasteiger partial charge in [0.05, 0.1) is 19.8 Å². The van der Waals surface area contributed by atoms with Crippen LogP contribution in [-0.2, 0) is 32.1 Å². The number of carboxylic acids is 2. The molecule has 0 aliphatic carbocycles. The van der Waals surface area contributed by atoms with Crippen LogP contribution < -0.4 is 0 Å². The maximum atomic E-state index is 12.5. The summed E-state index contributed by atoms with van der Waals surface area (Å²) in [5.41, 5.74) is 0. The van der Waals surface area contributed by atoms with Gasteiger partial charge in [0.1, 0.15) is 11.5 Å². The highest BCUT2D eigenvalue weighted by molar-refractivity contribution is 5.80. The van der Waals surface area contributed by atoms with E-state index in [2.05, 4.69) is 33.8 Å². The first-order valence-corrected chi connectivity index (χ1v) is 12.1. The number of carbonyl (C=O) groups excluding carboxylic acids is 1. The third kappa shape index (κ3) is 10.0. The molecule has 0 bridgehead atoms. The highest BCUT2D eigenvalue weighted by atomic mass is 19.4. The number of fused-ring (bicyclic) bond motifs is 1. The number of aliphatic carboxylic acids is 2. The van der Waals surface area contributed by atoms with E-state index >= 15 is 0 Å². The fourth-order valence-electron chi connectivity index (χ4n) is 4.47. The third-order valence-electron chi connectivity index (χ3n) is 6.40. The molecule has 0 aromatic carbocycles. The van der Waals surface area contributed by atoms with Crippen molar-refractivity contribution < 1.29 is 60.1 Å². The van der Waals surface area contributed by atoms with Crippen LogP contribution in [0.2, 0.25) is 0 Å². The summed E-state index contributed by atoms with van der Waals surface area (Å²) in [5.74, 6) is -3.13. The van der Waals surface area contributed by atoms with E-state index in [9.17, 15) is 31.1 Å². The van der Waals surface area contributed by atoms with E-state index in [0.717, 1.165) is 76.8 Å². The Balaban J connectivity index is 0.000000317. The number of amides is 1. The molecule has 1 aromatic heterocycles. The summed E-state index contributed by atoms with van der Waals surface area (Å²) in [7, 11) is 0. The van der Waals surface area contributed by atoms with Gasteiger partial charge in [-0.25, -0.2) is 9.59 Å². The Morgan fingerprint density at radius 2 is 1.46 bits per heavy atom. The van der Waals surface area contributed by atoms with Gasteiger partial charge in [-0.1, -0.05) is 6.92 Å². The van der Waals surface area contributed by atoms with Crippen LogP contribution in [-0.4, -0.2) is 113 Å². The first-order chi connectivity index (χ1) is 18.1. The largest absolute Gasteiger partial charge is 0.490 e. The maximum absolute atomic E-state index is 12.5. The zero-order chi connectivity index (χ0) is 29.4. The number of hydrogen-bond acceptors (Lipinski definition) is 7. The Kier molecular flexibility index (Phi) is 11.6. The van der Waals surface area contributed by atoms with Gasteiger partial charge < -0.3 is 24.3 Å². The summed E-state index contributed by atoms with van der Waals surface area (Å²) in [6, 6.07) is 4.89. The number of carboxylic acid groups (broad SMARTS) is 2. The Bertz CT molecular complexity index is 939. The number of likely N-dealkylation sites (tertiary alicyclic amines) is 2. The van der Waals surface area contributed by atoms with Crippen LogP contribution >= 0.6 is 0 Å². The number of aryl methyl sites for hydroxylation is 1. The Morgan fingerprint density at radius 3 is 1.95 bits per heavy atom. The van der Waals surface area contributed by atoms with Crippen LogP contribution in [0.3, 0.4) is 0 Å². The molecule has 16 heteroatoms. The molecule has 3 fully saturated rings. The van der Waals surface area contributed by atoms with Crippen molar-refractivity contribution in [2.24, 2.45) is 0 Å². The summed E-state index contributed by atoms with van der Waals surface area (Å²) < 4.78 is 74.7. The second kappa shape index (κ2) is 14.0. The lowest BCUT2D eigenvalue weighted by Crippen LogP contribution is -2.44. The monoisotopic (exact) mass is 575 g/mol. The summed E-state index contributed by atoms with van der Waals surface area (Å²) in [4.78, 5) is 37.3. The zero-order valence-electron chi connectivity index (χ0n) is 21.1. The summed E-state index contributed by atoms with van der Waals surface area (Å²) in [6.07, 6.45) is -7.49. The summed E-state index contributed by atoms with van der Waals surface area (Å²) in [6.45, 7) is 9.42. The molecule has 0 spiro atoms. The molecule has 2 atom stereocenters. The molecule has 39 heavy (non-hydrogen) atoms. The van der Waals surface area contributed by atoms with Crippen molar-refractivity contribution in [2.45, 2.75) is 57.2 Å². The molecule has 0 saturated carbocycles. The van der Waals surface area contributed by atoms with E-state index < -0.39 is 24.3 Å². The van der Waals surface area contributed by atoms with Gasteiger partial charge in [0, 0.05) is 57.6 Å². The second-order valence-electron chi connectivity index (χ2n) is 8.97. The average molecular weight is 576 g/mol. The molecule has 1 amide bonds. The van der Waals surface area contributed by atoms with E-state index in [1.165, 1.54) is 0 Å². The van der Waals surface area contributed by atoms with Gasteiger partial charge in [-0.05, 0) is 18.6 Å². The average Bonchev–Trinajstić information content (AvgIpc) is 3.54. The van der Waals surface area contributed by atoms with Crippen molar-refractivity contribution in [3.63, 3.8) is 0 Å². The first kappa shape index (κ1) is 32.4. The van der Waals surface area contributed by atoms with E-state index in [1.54, 1.807) is 0 Å². The molecule has 0 radical (unpaired) electrons. The van der Waals surface area contributed by atoms with E-state index in [4.69, 9.17) is 29.0 Å². The van der Waals surface area contributed by atoms with Gasteiger partial charge in [-0.15, -0.1) is 0 Å². The van der Waals surface area contributed by atoms with Crippen molar-refractivity contribution in [2.75, 3.05) is 45.9 Å². The Morgan fingerprint density at radius 1 is 0.923 bits per heavy atom. The van der Waals surface area contributed by atoms with E-state index in [1.807, 2.05) is 0 Å². The van der Waals surface area contributed by atoms with Crippen LogP contribution in [0.15, 0.2) is 16.5 Å². The predicted octanol–water partition coefficient (Wildman–Crippen LogP) is 2.62. The fraction of sp³-hybridized carbons (Fsp3) is 0.696. The number of carbonyl (C=O) groups is 3. The quantitative estimate of drug-likeness (QED) is 0.493. The highest BCUT2D eigenvalue weighted by Crippen LogP contribution is 2.33. The Labute approximate surface area is 220 Å². The minimum Gasteiger partial charge on any atom is -0.475 e. The van der Waals surface area contributed by atoms with Crippen molar-refractivity contribution >= 4 is 17.8 Å². The number of rotatable bonds is 6. The minimum atomic E-state index is -5.08. The van der Waals surface area contributed by atoms with Crippen LogP contribution in [0.4, 0.5) is 26.3 Å². The molecule has 1 aromatic rings. The summed E-state index contributed by atoms with van der Waals surface area (Å²) in [5, 5.41) is 14.2. The van der Waals surface area contributed by atoms with Crippen LogP contribution in [0.5, 0.6) is 0 Å². The molecule has 3 aliphatic heterocycles. The zero-order valence-corrected chi connectivity index (χ0v) is 21.1. The van der Waals surface area contributed by atoms with Crippen LogP contribution in [0.25, 0.3) is 0 Å². The van der Waals surface area contributed by atoms with Gasteiger partial charge in [0.15, 0.2) is 0 Å². The standard InChI is InChI=1S/C19H29N3O3.2C2HF3O2/c1-2-15-3-4-16(25-15)14-21-6-5-17-18(21)13-19(23)22(17)8-7-20-9-11-24-12-10-20;2*3-2(4,5)1(6)7/h3-4,17-18H,2,5-14H2,1H3;2*(H,6,7)/t17-,18+;;/m0../s1. The molecule has 10 nitrogen and oxygen atoms in total. The highest BCUT2D eigenvalue weighted by Gasteiger charge is 2.46. The number of hydrogen-bond donors (Lipinski definition) is 2. The van der Waals surface area contributed by atoms with Crippen molar-refractivity contribution in [1.82, 2.24) is 14.7 Å². The smallest absolute Gasteiger partial charge is 0.475 e. The summed E-state index contributed by atoms with van der Waals surface area (Å²) >= 11 is 0. The Hall–Kier alpha value is -2.85. The lowest BCUT2D eigenvalue weighted by Gasteiger charge is -2.30. The van der Waals surface area contributed by atoms with Gasteiger partial charge in [-0.3, -0.25) is 14.6 Å². The first-order valence-electron chi connectivity index (χ1n) is 12.1. The van der Waals surface area contributed by atoms with Crippen molar-refractivity contribution in [3.8, 4) is 0 Å². The number of nitrogens with zero attached hydrogens (tertiary/aromatic N) is 3. The number of halogens is 6. The molecule has 2 N–H and O–H groups in total. The SMILES string of the molecule is CCc1ccc(CN2CC[C@H]3[C@H]2CC(=O)N3CCN2CCOCC2)o1.O=C(O)C(F)(F)F.O=C(O)C(F)(F)F. The number of alkyl halides is 6. The van der Waals surface area contributed by atoms with Crippen LogP contribution in [0.1, 0.15) is 31.3 Å². The van der Waals surface area contributed by atoms with Crippen LogP contribution in [0, 0.1) is 0 Å². The molecular formula is C23H31F6N3O7. The minimum absolute atomic E-state index is 0.321. The topological polar surface area (TPSA) is 124 Å². The van der Waals surface area contributed by atoms with Gasteiger partial charge in [0.2, 0.25) is 5.91 Å². The molecule has 4 rings (SSSR count). The van der Waals surface area contributed by atoms with Crippen molar-refractivity contribution in [3.05, 3.63) is 23.7 Å². The predicted molar refractivity (Wildman–Crippen MR) is 122 cm³/mol. The van der Waals surface area contributed by atoms with Gasteiger partial charge in [0.25, 0.3) is 0 Å². The molecule has 0 unspecified atom stereocenters. The molecule has 222 valence electrons. The number of morpholine rings is 1. The normalized spacial score (nSPS) is 22.0. The van der Waals surface area contributed by atoms with E-state index in [-0.39, 0.29) is 0 Å². The number of ether oxygens (including phenoxy) is 1. The van der Waals surface area contributed by atoms with Gasteiger partial charge >= 0.3 is 24.3 Å². The molecule has 4 heterocycles. The molecule has 3 aliphatic rings. The lowest BCUT2D eigenvalue weighted by atomic mass is 10.1. The molecular weight excluding hydrogens is 544 g/mol. The fourth-order valence-corrected chi connectivity index (χ4v) is 4.47. The lowest BCUT2D eigenvalue weighted by molar-refractivity contribution is -0.193. The number of furan rings is 1. The van der Waals surface area contributed by atoms with Crippen molar-refractivity contribution in [1.29, 1.82) is 0 Å². The second-order valence-corrected chi connectivity index (χ2v) is 8.97. The van der Waals surface area contributed by atoms with E-state index in [0.29, 0.717) is 24.4 Å². The maximum Gasteiger partial charge on any atom is 0.490 e.